The number of hydrogen-bond donors (Lipinski definition) is 0. The second-order valence-corrected chi connectivity index (χ2v) is 5.43. The van der Waals surface area contributed by atoms with Gasteiger partial charge in [-0.25, -0.2) is 0 Å². The molecular weight excluding hydrogens is 286 g/mol. The van der Waals surface area contributed by atoms with Crippen LogP contribution in [0.4, 0.5) is 0 Å². The van der Waals surface area contributed by atoms with Gasteiger partial charge in [-0.1, -0.05) is 41.9 Å². The van der Waals surface area contributed by atoms with E-state index in [1.807, 2.05) is 53.4 Å². The zero-order valence-corrected chi connectivity index (χ0v) is 12.3. The maximum absolute atomic E-state index is 12.3. The van der Waals surface area contributed by atoms with Gasteiger partial charge in [-0.2, -0.15) is 0 Å². The molecule has 21 heavy (non-hydrogen) atoms. The molecule has 1 aliphatic heterocycles. The number of rotatable bonds is 4. The van der Waals surface area contributed by atoms with E-state index in [9.17, 15) is 4.79 Å². The van der Waals surface area contributed by atoms with E-state index in [2.05, 4.69) is 0 Å². The highest BCUT2D eigenvalue weighted by molar-refractivity contribution is 6.31. The Bertz CT molecular complexity index is 653. The largest absolute Gasteiger partial charge is 0.488 e. The molecule has 1 fully saturated rings. The van der Waals surface area contributed by atoms with E-state index in [0.29, 0.717) is 22.9 Å². The van der Waals surface area contributed by atoms with Crippen LogP contribution >= 0.6 is 11.6 Å². The summed E-state index contributed by atoms with van der Waals surface area (Å²) in [4.78, 5) is 14.2. The smallest absolute Gasteiger partial charge is 0.257 e. The summed E-state index contributed by atoms with van der Waals surface area (Å²) in [6.45, 7) is 2.01. The maximum Gasteiger partial charge on any atom is 0.257 e. The lowest BCUT2D eigenvalue weighted by Gasteiger charge is -2.31. The zero-order chi connectivity index (χ0) is 14.7. The fraction of sp³-hybridized carbons (Fsp3) is 0.235. The number of para-hydroxylation sites is 1. The van der Waals surface area contributed by atoms with E-state index in [0.717, 1.165) is 25.1 Å². The minimum absolute atomic E-state index is 0.0380. The summed E-state index contributed by atoms with van der Waals surface area (Å²) in [7, 11) is 0. The SMILES string of the molecule is O=C(c1ccccc1OCc1ccccc1Cl)N1CCC1. The maximum atomic E-state index is 12.3. The molecule has 0 saturated carbocycles. The second-order valence-electron chi connectivity index (χ2n) is 5.02. The molecule has 3 nitrogen and oxygen atoms in total. The number of hydrogen-bond acceptors (Lipinski definition) is 2. The first kappa shape index (κ1) is 14.0. The van der Waals surface area contributed by atoms with Crippen molar-refractivity contribution in [2.24, 2.45) is 0 Å². The van der Waals surface area contributed by atoms with Crippen molar-refractivity contribution in [3.8, 4) is 5.75 Å². The Morgan fingerprint density at radius 2 is 1.81 bits per heavy atom. The van der Waals surface area contributed by atoms with Crippen LogP contribution in [0.3, 0.4) is 0 Å². The average molecular weight is 302 g/mol. The van der Waals surface area contributed by atoms with Gasteiger partial charge in [0.2, 0.25) is 0 Å². The van der Waals surface area contributed by atoms with Crippen LogP contribution in [0.1, 0.15) is 22.3 Å². The molecule has 1 saturated heterocycles. The van der Waals surface area contributed by atoms with E-state index >= 15 is 0 Å². The molecule has 0 radical (unpaired) electrons. The monoisotopic (exact) mass is 301 g/mol. The molecule has 1 amide bonds. The standard InChI is InChI=1S/C17H16ClNO2/c18-15-8-3-1-6-13(15)12-21-16-9-4-2-7-14(16)17(20)19-10-5-11-19/h1-4,6-9H,5,10-12H2. The summed E-state index contributed by atoms with van der Waals surface area (Å²) >= 11 is 6.12. The van der Waals surface area contributed by atoms with Crippen LogP contribution in [-0.2, 0) is 6.61 Å². The van der Waals surface area contributed by atoms with Crippen molar-refractivity contribution >= 4 is 17.5 Å². The Morgan fingerprint density at radius 3 is 2.52 bits per heavy atom. The Kier molecular flexibility index (Phi) is 4.11. The molecule has 0 spiro atoms. The van der Waals surface area contributed by atoms with Gasteiger partial charge < -0.3 is 9.64 Å². The Morgan fingerprint density at radius 1 is 1.10 bits per heavy atom. The number of carbonyl (C=O) groups excluding carboxylic acids is 1. The van der Waals surface area contributed by atoms with E-state index in [1.165, 1.54) is 0 Å². The number of nitrogens with zero attached hydrogens (tertiary/aromatic N) is 1. The van der Waals surface area contributed by atoms with E-state index in [1.54, 1.807) is 0 Å². The number of amides is 1. The lowest BCUT2D eigenvalue weighted by molar-refractivity contribution is 0.0647. The van der Waals surface area contributed by atoms with Gasteiger partial charge in [0.15, 0.2) is 0 Å². The Balaban J connectivity index is 1.76. The van der Waals surface area contributed by atoms with Crippen molar-refractivity contribution < 1.29 is 9.53 Å². The summed E-state index contributed by atoms with van der Waals surface area (Å²) in [5, 5.41) is 0.670. The molecule has 0 aliphatic carbocycles. The van der Waals surface area contributed by atoms with Crippen molar-refractivity contribution in [3.63, 3.8) is 0 Å². The zero-order valence-electron chi connectivity index (χ0n) is 11.6. The minimum Gasteiger partial charge on any atom is -0.488 e. The lowest BCUT2D eigenvalue weighted by atomic mass is 10.1. The van der Waals surface area contributed by atoms with Gasteiger partial charge in [0, 0.05) is 23.7 Å². The van der Waals surface area contributed by atoms with Crippen molar-refractivity contribution in [2.75, 3.05) is 13.1 Å². The van der Waals surface area contributed by atoms with Crippen molar-refractivity contribution in [1.82, 2.24) is 4.90 Å². The van der Waals surface area contributed by atoms with Gasteiger partial charge in [0.25, 0.3) is 5.91 Å². The highest BCUT2D eigenvalue weighted by Crippen LogP contribution is 2.24. The molecule has 2 aromatic rings. The highest BCUT2D eigenvalue weighted by Gasteiger charge is 2.24. The van der Waals surface area contributed by atoms with Gasteiger partial charge in [-0.3, -0.25) is 4.79 Å². The molecule has 1 aliphatic rings. The Labute approximate surface area is 129 Å². The molecule has 0 unspecified atom stereocenters. The first-order valence-electron chi connectivity index (χ1n) is 7.00. The molecule has 108 valence electrons. The third-order valence-electron chi connectivity index (χ3n) is 3.60. The van der Waals surface area contributed by atoms with Gasteiger partial charge >= 0.3 is 0 Å². The minimum atomic E-state index is 0.0380. The first-order chi connectivity index (χ1) is 10.3. The molecule has 4 heteroatoms. The number of likely N-dealkylation sites (tertiary alicyclic amines) is 1. The predicted octanol–water partition coefficient (Wildman–Crippen LogP) is 3.76. The van der Waals surface area contributed by atoms with E-state index in [-0.39, 0.29) is 5.91 Å². The summed E-state index contributed by atoms with van der Waals surface area (Å²) in [6, 6.07) is 14.9. The van der Waals surface area contributed by atoms with Gasteiger partial charge in [0.05, 0.1) is 5.56 Å². The van der Waals surface area contributed by atoms with E-state index < -0.39 is 0 Å². The predicted molar refractivity (Wildman–Crippen MR) is 82.7 cm³/mol. The molecule has 1 heterocycles. The molecule has 2 aromatic carbocycles. The third kappa shape index (κ3) is 3.03. The van der Waals surface area contributed by atoms with Crippen LogP contribution in [0.5, 0.6) is 5.75 Å². The van der Waals surface area contributed by atoms with Crippen molar-refractivity contribution in [3.05, 3.63) is 64.7 Å². The first-order valence-corrected chi connectivity index (χ1v) is 7.38. The number of halogens is 1. The summed E-state index contributed by atoms with van der Waals surface area (Å²) in [5.41, 5.74) is 1.52. The fourth-order valence-corrected chi connectivity index (χ4v) is 2.42. The quantitative estimate of drug-likeness (QED) is 0.860. The van der Waals surface area contributed by atoms with Gasteiger partial charge in [-0.05, 0) is 24.6 Å². The van der Waals surface area contributed by atoms with Crippen LogP contribution in [0, 0.1) is 0 Å². The topological polar surface area (TPSA) is 29.5 Å². The second kappa shape index (κ2) is 6.19. The molecule has 3 rings (SSSR count). The number of carbonyl (C=O) groups is 1. The molecule has 0 N–H and O–H groups in total. The fourth-order valence-electron chi connectivity index (χ4n) is 2.23. The van der Waals surface area contributed by atoms with Crippen LogP contribution in [0.2, 0.25) is 5.02 Å². The number of ether oxygens (including phenoxy) is 1. The molecule has 0 aromatic heterocycles. The van der Waals surface area contributed by atoms with Crippen molar-refractivity contribution in [2.45, 2.75) is 13.0 Å². The van der Waals surface area contributed by atoms with Crippen molar-refractivity contribution in [1.29, 1.82) is 0 Å². The third-order valence-corrected chi connectivity index (χ3v) is 3.97. The average Bonchev–Trinajstić information content (AvgIpc) is 2.45. The Hall–Kier alpha value is -2.00. The summed E-state index contributed by atoms with van der Waals surface area (Å²) < 4.78 is 5.81. The van der Waals surface area contributed by atoms with Crippen LogP contribution in [0.25, 0.3) is 0 Å². The van der Waals surface area contributed by atoms with Crippen LogP contribution < -0.4 is 4.74 Å². The van der Waals surface area contributed by atoms with Gasteiger partial charge in [-0.15, -0.1) is 0 Å². The molecular formula is C17H16ClNO2. The number of benzene rings is 2. The van der Waals surface area contributed by atoms with Crippen LogP contribution in [-0.4, -0.2) is 23.9 Å². The molecule has 0 bridgehead atoms. The highest BCUT2D eigenvalue weighted by atomic mass is 35.5. The summed E-state index contributed by atoms with van der Waals surface area (Å²) in [6.07, 6.45) is 1.08. The molecule has 0 atom stereocenters. The summed E-state index contributed by atoms with van der Waals surface area (Å²) in [5.74, 6) is 0.644. The lowest BCUT2D eigenvalue weighted by Crippen LogP contribution is -2.42. The van der Waals surface area contributed by atoms with Gasteiger partial charge in [0.1, 0.15) is 12.4 Å². The van der Waals surface area contributed by atoms with Crippen LogP contribution in [0.15, 0.2) is 48.5 Å². The normalized spacial score (nSPS) is 13.7. The van der Waals surface area contributed by atoms with E-state index in [4.69, 9.17) is 16.3 Å².